The molecule has 9 heteroatoms. The second-order valence-corrected chi connectivity index (χ2v) is 9.99. The quantitative estimate of drug-likeness (QED) is 0.316. The number of nitrogens with zero attached hydrogens (tertiary/aromatic N) is 4. The predicted octanol–water partition coefficient (Wildman–Crippen LogP) is 4.32. The Morgan fingerprint density at radius 1 is 0.824 bits per heavy atom. The van der Waals surface area contributed by atoms with Gasteiger partial charge in [0.2, 0.25) is 10.0 Å². The zero-order valence-electron chi connectivity index (χ0n) is 18.2. The van der Waals surface area contributed by atoms with E-state index in [0.29, 0.717) is 13.1 Å². The van der Waals surface area contributed by atoms with Crippen molar-refractivity contribution in [3.8, 4) is 11.1 Å². The number of sulfonamides is 1. The number of hydrogen-bond donors (Lipinski definition) is 0. The van der Waals surface area contributed by atoms with Crippen LogP contribution in [-0.4, -0.2) is 48.8 Å². The van der Waals surface area contributed by atoms with Gasteiger partial charge in [-0.3, -0.25) is 10.1 Å². The maximum atomic E-state index is 13.1. The van der Waals surface area contributed by atoms with Crippen LogP contribution in [0, 0.1) is 10.1 Å². The highest BCUT2D eigenvalue weighted by atomic mass is 32.2. The van der Waals surface area contributed by atoms with Crippen molar-refractivity contribution in [1.82, 2.24) is 9.29 Å². The smallest absolute Gasteiger partial charge is 0.270 e. The number of piperazine rings is 1. The van der Waals surface area contributed by atoms with Gasteiger partial charge in [-0.15, -0.1) is 0 Å². The molecule has 3 aromatic carbocycles. The average Bonchev–Trinajstić information content (AvgIpc) is 2.88. The standard InChI is InChI=1S/C25H22N4O4S/c30-29(31)20-9-6-10-21(17-20)34(32,33)28-15-13-27(14-16-28)25-18-23(19-7-2-1-3-8-19)22-11-4-5-12-24(22)26-25/h1-12,17-18H,13-16H2. The highest BCUT2D eigenvalue weighted by molar-refractivity contribution is 7.89. The maximum absolute atomic E-state index is 13.1. The third-order valence-corrected chi connectivity index (χ3v) is 7.91. The van der Waals surface area contributed by atoms with Gasteiger partial charge in [-0.25, -0.2) is 13.4 Å². The highest BCUT2D eigenvalue weighted by Gasteiger charge is 2.30. The fourth-order valence-electron chi connectivity index (χ4n) is 4.24. The van der Waals surface area contributed by atoms with Crippen molar-refractivity contribution in [2.45, 2.75) is 4.90 Å². The number of fused-ring (bicyclic) bond motifs is 1. The second-order valence-electron chi connectivity index (χ2n) is 8.06. The molecule has 1 aliphatic rings. The SMILES string of the molecule is O=[N+]([O-])c1cccc(S(=O)(=O)N2CCN(c3cc(-c4ccccc4)c4ccccc4n3)CC2)c1. The van der Waals surface area contributed by atoms with Gasteiger partial charge in [-0.1, -0.05) is 54.6 Å². The van der Waals surface area contributed by atoms with E-state index in [1.165, 1.54) is 22.5 Å². The van der Waals surface area contributed by atoms with E-state index in [0.717, 1.165) is 33.9 Å². The molecular weight excluding hydrogens is 452 g/mol. The van der Waals surface area contributed by atoms with Crippen molar-refractivity contribution >= 4 is 32.4 Å². The molecule has 1 saturated heterocycles. The summed E-state index contributed by atoms with van der Waals surface area (Å²) >= 11 is 0. The summed E-state index contributed by atoms with van der Waals surface area (Å²) in [5, 5.41) is 12.1. The molecule has 0 amide bonds. The van der Waals surface area contributed by atoms with Crippen LogP contribution in [0.3, 0.4) is 0 Å². The Labute approximate surface area is 197 Å². The van der Waals surface area contributed by atoms with Crippen LogP contribution in [0.2, 0.25) is 0 Å². The molecule has 0 spiro atoms. The van der Waals surface area contributed by atoms with Crippen LogP contribution in [0.5, 0.6) is 0 Å². The topological polar surface area (TPSA) is 96.6 Å². The van der Waals surface area contributed by atoms with Gasteiger partial charge >= 0.3 is 0 Å². The largest absolute Gasteiger partial charge is 0.354 e. The molecular formula is C25H22N4O4S. The van der Waals surface area contributed by atoms with Crippen molar-refractivity contribution in [2.24, 2.45) is 0 Å². The van der Waals surface area contributed by atoms with Crippen LogP contribution in [0.15, 0.2) is 89.8 Å². The molecule has 0 saturated carbocycles. The number of hydrogen-bond acceptors (Lipinski definition) is 6. The Bertz CT molecular complexity index is 1470. The van der Waals surface area contributed by atoms with Crippen LogP contribution in [0.1, 0.15) is 0 Å². The van der Waals surface area contributed by atoms with E-state index in [1.807, 2.05) is 36.4 Å². The molecule has 1 aromatic heterocycles. The van der Waals surface area contributed by atoms with Gasteiger partial charge in [-0.05, 0) is 29.3 Å². The number of pyridine rings is 1. The minimum Gasteiger partial charge on any atom is -0.354 e. The van der Waals surface area contributed by atoms with Crippen LogP contribution in [-0.2, 0) is 10.0 Å². The van der Waals surface area contributed by atoms with Gasteiger partial charge in [0, 0.05) is 43.7 Å². The number of rotatable bonds is 5. The Kier molecular flexibility index (Phi) is 5.72. The summed E-state index contributed by atoms with van der Waals surface area (Å²) in [5.74, 6) is 0.796. The van der Waals surface area contributed by atoms with Gasteiger partial charge in [0.15, 0.2) is 0 Å². The van der Waals surface area contributed by atoms with Gasteiger partial charge in [0.1, 0.15) is 5.82 Å². The molecule has 8 nitrogen and oxygen atoms in total. The number of benzene rings is 3. The first-order chi connectivity index (χ1) is 16.4. The lowest BCUT2D eigenvalue weighted by Crippen LogP contribution is -2.48. The Morgan fingerprint density at radius 2 is 1.53 bits per heavy atom. The third-order valence-electron chi connectivity index (χ3n) is 6.02. The molecule has 2 heterocycles. The van der Waals surface area contributed by atoms with Gasteiger partial charge in [0.05, 0.1) is 15.3 Å². The summed E-state index contributed by atoms with van der Waals surface area (Å²) in [6, 6.07) is 25.3. The predicted molar refractivity (Wildman–Crippen MR) is 131 cm³/mol. The third kappa shape index (κ3) is 4.11. The molecule has 1 fully saturated rings. The van der Waals surface area contributed by atoms with Crippen molar-refractivity contribution in [3.05, 3.63) is 95.0 Å². The second kappa shape index (κ2) is 8.85. The summed E-state index contributed by atoms with van der Waals surface area (Å²) in [4.78, 5) is 17.3. The van der Waals surface area contributed by atoms with E-state index in [-0.39, 0.29) is 23.7 Å². The first-order valence-electron chi connectivity index (χ1n) is 10.9. The highest BCUT2D eigenvalue weighted by Crippen LogP contribution is 2.32. The number of anilines is 1. The monoisotopic (exact) mass is 474 g/mol. The lowest BCUT2D eigenvalue weighted by molar-refractivity contribution is -0.385. The molecule has 172 valence electrons. The fraction of sp³-hybridized carbons (Fsp3) is 0.160. The summed E-state index contributed by atoms with van der Waals surface area (Å²) in [6.45, 7) is 1.46. The minimum absolute atomic E-state index is 0.0645. The van der Waals surface area contributed by atoms with E-state index >= 15 is 0 Å². The normalized spacial score (nSPS) is 14.9. The summed E-state index contributed by atoms with van der Waals surface area (Å²) in [5.41, 5.74) is 2.81. The van der Waals surface area contributed by atoms with E-state index in [2.05, 4.69) is 29.2 Å². The van der Waals surface area contributed by atoms with Crippen LogP contribution >= 0.6 is 0 Å². The summed E-state index contributed by atoms with van der Waals surface area (Å²) in [7, 11) is -3.83. The van der Waals surface area contributed by atoms with Crippen molar-refractivity contribution in [1.29, 1.82) is 0 Å². The lowest BCUT2D eigenvalue weighted by atomic mass is 10.0. The number of aromatic nitrogens is 1. The van der Waals surface area contributed by atoms with Gasteiger partial charge in [0.25, 0.3) is 5.69 Å². The number of non-ortho nitro benzene ring substituents is 1. The van der Waals surface area contributed by atoms with Crippen LogP contribution < -0.4 is 4.90 Å². The molecule has 0 aliphatic carbocycles. The molecule has 34 heavy (non-hydrogen) atoms. The first-order valence-corrected chi connectivity index (χ1v) is 12.3. The molecule has 4 aromatic rings. The molecule has 0 N–H and O–H groups in total. The first kappa shape index (κ1) is 22.0. The van der Waals surface area contributed by atoms with Crippen LogP contribution in [0.25, 0.3) is 22.0 Å². The number of nitro benzene ring substituents is 1. The molecule has 1 aliphatic heterocycles. The minimum atomic E-state index is -3.83. The Balaban J connectivity index is 1.41. The summed E-state index contributed by atoms with van der Waals surface area (Å²) < 4.78 is 27.6. The Morgan fingerprint density at radius 3 is 2.26 bits per heavy atom. The van der Waals surface area contributed by atoms with E-state index in [1.54, 1.807) is 0 Å². The zero-order valence-corrected chi connectivity index (χ0v) is 19.1. The van der Waals surface area contributed by atoms with Crippen LogP contribution in [0.4, 0.5) is 11.5 Å². The molecule has 0 unspecified atom stereocenters. The average molecular weight is 475 g/mol. The summed E-state index contributed by atoms with van der Waals surface area (Å²) in [6.07, 6.45) is 0. The van der Waals surface area contributed by atoms with Gasteiger partial charge in [-0.2, -0.15) is 4.31 Å². The molecule has 0 bridgehead atoms. The van der Waals surface area contributed by atoms with Gasteiger partial charge < -0.3 is 4.90 Å². The van der Waals surface area contributed by atoms with Crippen molar-refractivity contribution < 1.29 is 13.3 Å². The van der Waals surface area contributed by atoms with Crippen molar-refractivity contribution in [2.75, 3.05) is 31.1 Å². The number of nitro groups is 1. The maximum Gasteiger partial charge on any atom is 0.270 e. The van der Waals surface area contributed by atoms with E-state index in [4.69, 9.17) is 4.98 Å². The lowest BCUT2D eigenvalue weighted by Gasteiger charge is -2.35. The van der Waals surface area contributed by atoms with Crippen molar-refractivity contribution in [3.63, 3.8) is 0 Å². The fourth-order valence-corrected chi connectivity index (χ4v) is 5.71. The van der Waals surface area contributed by atoms with E-state index in [9.17, 15) is 18.5 Å². The zero-order chi connectivity index (χ0) is 23.7. The molecule has 5 rings (SSSR count). The molecule has 0 atom stereocenters. The Hall–Kier alpha value is -3.82. The number of para-hydroxylation sites is 1. The van der Waals surface area contributed by atoms with E-state index < -0.39 is 14.9 Å². The molecule has 0 radical (unpaired) electrons.